The average Bonchev–Trinajstić information content (AvgIpc) is 3.50. The van der Waals surface area contributed by atoms with Gasteiger partial charge in [0.05, 0.1) is 82.0 Å². The lowest BCUT2D eigenvalue weighted by Crippen LogP contribution is -2.40. The second-order valence-electron chi connectivity index (χ2n) is 10.8. The first kappa shape index (κ1) is 38.0. The Morgan fingerprint density at radius 1 is 0.891 bits per heavy atom. The molecule has 1 N–H and O–H groups in total. The molecular formula is C33H47Cl2N3O8. The van der Waals surface area contributed by atoms with E-state index < -0.39 is 6.09 Å². The Hall–Kier alpha value is -2.48. The van der Waals surface area contributed by atoms with Crippen molar-refractivity contribution in [2.45, 2.75) is 25.0 Å². The molecule has 1 fully saturated rings. The lowest BCUT2D eigenvalue weighted by Gasteiger charge is -2.32. The van der Waals surface area contributed by atoms with Crippen molar-refractivity contribution in [3.8, 4) is 0 Å². The minimum atomic E-state index is -0.469. The predicted molar refractivity (Wildman–Crippen MR) is 177 cm³/mol. The molecule has 0 aliphatic carbocycles. The number of amides is 2. The van der Waals surface area contributed by atoms with E-state index in [1.165, 1.54) is 0 Å². The maximum atomic E-state index is 13.3. The molecule has 2 atom stereocenters. The van der Waals surface area contributed by atoms with Crippen molar-refractivity contribution in [2.75, 3.05) is 99.8 Å². The van der Waals surface area contributed by atoms with Gasteiger partial charge in [0.15, 0.2) is 0 Å². The number of carbonyl (C=O) groups is 2. The number of halogens is 2. The number of hydrogen-bond donors (Lipinski definition) is 1. The molecule has 2 unspecified atom stereocenters. The molecule has 0 bridgehead atoms. The summed E-state index contributed by atoms with van der Waals surface area (Å²) < 4.78 is 32.2. The summed E-state index contributed by atoms with van der Waals surface area (Å²) in [6.45, 7) is 6.63. The number of alkyl carbamates (subject to hydrolysis) is 1. The number of carbonyl (C=O) groups excluding carboxylic acids is 2. The Bertz CT molecular complexity index is 1160. The van der Waals surface area contributed by atoms with E-state index in [1.807, 2.05) is 43.4 Å². The minimum Gasteiger partial charge on any atom is -0.445 e. The van der Waals surface area contributed by atoms with E-state index in [1.54, 1.807) is 24.1 Å². The van der Waals surface area contributed by atoms with Gasteiger partial charge >= 0.3 is 6.09 Å². The van der Waals surface area contributed by atoms with Crippen LogP contribution in [-0.4, -0.2) is 128 Å². The summed E-state index contributed by atoms with van der Waals surface area (Å²) in [7, 11) is 3.46. The zero-order chi connectivity index (χ0) is 33.0. The quantitative estimate of drug-likeness (QED) is 0.182. The van der Waals surface area contributed by atoms with Crippen LogP contribution in [0.5, 0.6) is 0 Å². The van der Waals surface area contributed by atoms with Gasteiger partial charge in [0.25, 0.3) is 0 Å². The van der Waals surface area contributed by atoms with Gasteiger partial charge in [-0.25, -0.2) is 4.79 Å². The first-order chi connectivity index (χ1) is 22.4. The summed E-state index contributed by atoms with van der Waals surface area (Å²) in [5.41, 5.74) is 1.84. The number of hydrogen-bond acceptors (Lipinski definition) is 9. The van der Waals surface area contributed by atoms with Crippen LogP contribution in [0.1, 0.15) is 23.6 Å². The molecule has 3 rings (SSSR count). The second-order valence-corrected chi connectivity index (χ2v) is 11.6. The number of likely N-dealkylation sites (N-methyl/N-ethyl adjacent to an activating group) is 1. The number of nitrogens with zero attached hydrogens (tertiary/aromatic N) is 2. The Morgan fingerprint density at radius 3 is 2.15 bits per heavy atom. The van der Waals surface area contributed by atoms with Gasteiger partial charge < -0.3 is 38.6 Å². The zero-order valence-electron chi connectivity index (χ0n) is 26.8. The van der Waals surface area contributed by atoms with Gasteiger partial charge in [0.2, 0.25) is 5.91 Å². The minimum absolute atomic E-state index is 0.0306. The second kappa shape index (κ2) is 22.2. The Balaban J connectivity index is 1.30. The fourth-order valence-electron chi connectivity index (χ4n) is 4.88. The highest BCUT2D eigenvalue weighted by atomic mass is 35.5. The van der Waals surface area contributed by atoms with Crippen LogP contribution in [0.4, 0.5) is 4.79 Å². The molecule has 0 spiro atoms. The van der Waals surface area contributed by atoms with Gasteiger partial charge in [-0.1, -0.05) is 59.6 Å². The van der Waals surface area contributed by atoms with Crippen LogP contribution in [0.2, 0.25) is 10.0 Å². The lowest BCUT2D eigenvalue weighted by atomic mass is 10.0. The SMILES string of the molecule is COCCOCCOCCOCCOCCNC(=O)OC1CCN(CC(c2ccccc2)N(C)C(=O)Cc2ccc(Cl)c(Cl)c2)C1. The van der Waals surface area contributed by atoms with E-state index in [0.717, 1.165) is 17.7 Å². The summed E-state index contributed by atoms with van der Waals surface area (Å²) in [5.74, 6) is -0.0306. The van der Waals surface area contributed by atoms with Gasteiger partial charge in [0.1, 0.15) is 6.10 Å². The molecule has 46 heavy (non-hydrogen) atoms. The van der Waals surface area contributed by atoms with Gasteiger partial charge in [-0.15, -0.1) is 0 Å². The van der Waals surface area contributed by atoms with Crippen LogP contribution < -0.4 is 5.32 Å². The van der Waals surface area contributed by atoms with Crippen LogP contribution in [0.15, 0.2) is 48.5 Å². The van der Waals surface area contributed by atoms with Crippen molar-refractivity contribution in [1.29, 1.82) is 0 Å². The molecule has 2 aromatic carbocycles. The molecule has 0 aromatic heterocycles. The number of benzene rings is 2. The molecule has 1 aliphatic heterocycles. The van der Waals surface area contributed by atoms with Crippen LogP contribution in [0.3, 0.4) is 0 Å². The summed E-state index contributed by atoms with van der Waals surface area (Å²) in [6, 6.07) is 15.0. The highest BCUT2D eigenvalue weighted by Gasteiger charge is 2.30. The van der Waals surface area contributed by atoms with E-state index >= 15 is 0 Å². The molecule has 11 nitrogen and oxygen atoms in total. The van der Waals surface area contributed by atoms with Crippen molar-refractivity contribution in [1.82, 2.24) is 15.1 Å². The third-order valence-corrected chi connectivity index (χ3v) is 8.12. The molecule has 1 aliphatic rings. The predicted octanol–water partition coefficient (Wildman–Crippen LogP) is 4.25. The van der Waals surface area contributed by atoms with Crippen molar-refractivity contribution >= 4 is 35.2 Å². The summed E-state index contributed by atoms with van der Waals surface area (Å²) >= 11 is 12.2. The molecule has 0 saturated carbocycles. The summed E-state index contributed by atoms with van der Waals surface area (Å²) in [5, 5.41) is 3.62. The molecule has 1 heterocycles. The largest absolute Gasteiger partial charge is 0.445 e. The fraction of sp³-hybridized carbons (Fsp3) is 0.576. The fourth-order valence-corrected chi connectivity index (χ4v) is 5.20. The van der Waals surface area contributed by atoms with Crippen LogP contribution in [0.25, 0.3) is 0 Å². The number of likely N-dealkylation sites (tertiary alicyclic amines) is 1. The highest BCUT2D eigenvalue weighted by molar-refractivity contribution is 6.42. The number of methoxy groups -OCH3 is 1. The van der Waals surface area contributed by atoms with Crippen molar-refractivity contribution < 1.29 is 38.0 Å². The number of ether oxygens (including phenoxy) is 6. The third kappa shape index (κ3) is 14.5. The van der Waals surface area contributed by atoms with Crippen LogP contribution in [-0.2, 0) is 39.6 Å². The van der Waals surface area contributed by atoms with Crippen molar-refractivity contribution in [2.24, 2.45) is 0 Å². The van der Waals surface area contributed by atoms with Gasteiger partial charge in [-0.3, -0.25) is 9.69 Å². The summed E-state index contributed by atoms with van der Waals surface area (Å²) in [4.78, 5) is 29.7. The van der Waals surface area contributed by atoms with E-state index in [-0.39, 0.29) is 24.5 Å². The molecular weight excluding hydrogens is 637 g/mol. The smallest absolute Gasteiger partial charge is 0.407 e. The first-order valence-electron chi connectivity index (χ1n) is 15.6. The average molecular weight is 685 g/mol. The lowest BCUT2D eigenvalue weighted by molar-refractivity contribution is -0.131. The van der Waals surface area contributed by atoms with E-state index in [9.17, 15) is 9.59 Å². The first-order valence-corrected chi connectivity index (χ1v) is 16.3. The molecule has 1 saturated heterocycles. The van der Waals surface area contributed by atoms with E-state index in [2.05, 4.69) is 10.2 Å². The van der Waals surface area contributed by atoms with Gasteiger partial charge in [0, 0.05) is 40.3 Å². The van der Waals surface area contributed by atoms with Gasteiger partial charge in [-0.05, 0) is 29.7 Å². The zero-order valence-corrected chi connectivity index (χ0v) is 28.3. The molecule has 256 valence electrons. The standard InChI is InChI=1S/C33H47Cl2N3O8/c1-37(32(39)23-26-8-9-29(34)30(35)22-26)31(27-6-4-3-5-7-27)25-38-12-10-28(24-38)46-33(40)36-11-13-42-16-17-44-20-21-45-19-18-43-15-14-41-2/h3-9,22,28,31H,10-21,23-25H2,1-2H3,(H,36,40). The Labute approximate surface area is 282 Å². The van der Waals surface area contributed by atoms with Crippen LogP contribution >= 0.6 is 23.2 Å². The van der Waals surface area contributed by atoms with Crippen molar-refractivity contribution in [3.63, 3.8) is 0 Å². The maximum Gasteiger partial charge on any atom is 0.407 e. The number of nitrogens with one attached hydrogen (secondary N) is 1. The van der Waals surface area contributed by atoms with Crippen LogP contribution in [0, 0.1) is 0 Å². The Morgan fingerprint density at radius 2 is 1.52 bits per heavy atom. The number of rotatable bonds is 22. The Kier molecular flexibility index (Phi) is 18.3. The molecule has 0 radical (unpaired) electrons. The monoisotopic (exact) mass is 683 g/mol. The molecule has 2 amide bonds. The highest BCUT2D eigenvalue weighted by Crippen LogP contribution is 2.26. The van der Waals surface area contributed by atoms with Crippen molar-refractivity contribution in [3.05, 3.63) is 69.7 Å². The normalized spacial score (nSPS) is 15.5. The van der Waals surface area contributed by atoms with E-state index in [4.69, 9.17) is 51.6 Å². The third-order valence-electron chi connectivity index (χ3n) is 7.38. The molecule has 2 aromatic rings. The topological polar surface area (TPSA) is 108 Å². The maximum absolute atomic E-state index is 13.3. The van der Waals surface area contributed by atoms with Gasteiger partial charge in [-0.2, -0.15) is 0 Å². The molecule has 13 heteroatoms. The van der Waals surface area contributed by atoms with E-state index in [0.29, 0.717) is 95.6 Å². The summed E-state index contributed by atoms with van der Waals surface area (Å²) in [6.07, 6.45) is 0.223.